The SMILES string of the molecule is CCC1(C(F)(F)F)Oc2ccccc2C=C1C(=O)[O-]. The molecule has 0 bridgehead atoms. The van der Waals surface area contributed by atoms with Gasteiger partial charge in [0, 0.05) is 11.1 Å². The molecule has 1 aliphatic heterocycles. The number of aliphatic carboxylic acids is 1. The lowest BCUT2D eigenvalue weighted by atomic mass is 9.86. The summed E-state index contributed by atoms with van der Waals surface area (Å²) in [6.07, 6.45) is -4.43. The molecule has 102 valence electrons. The van der Waals surface area contributed by atoms with Crippen molar-refractivity contribution in [1.82, 2.24) is 0 Å². The van der Waals surface area contributed by atoms with Crippen LogP contribution >= 0.6 is 0 Å². The first-order valence-electron chi connectivity index (χ1n) is 5.60. The van der Waals surface area contributed by atoms with Gasteiger partial charge in [0.2, 0.25) is 5.60 Å². The summed E-state index contributed by atoms with van der Waals surface area (Å²) in [4.78, 5) is 11.0. The highest BCUT2D eigenvalue weighted by Crippen LogP contribution is 2.46. The quantitative estimate of drug-likeness (QED) is 0.825. The van der Waals surface area contributed by atoms with Gasteiger partial charge in [-0.3, -0.25) is 0 Å². The Morgan fingerprint density at radius 2 is 2.00 bits per heavy atom. The smallest absolute Gasteiger partial charge is 0.432 e. The monoisotopic (exact) mass is 271 g/mol. The first-order valence-corrected chi connectivity index (χ1v) is 5.60. The van der Waals surface area contributed by atoms with Gasteiger partial charge in [-0.25, -0.2) is 0 Å². The fraction of sp³-hybridized carbons (Fsp3) is 0.308. The molecule has 0 amide bonds. The Balaban J connectivity index is 2.67. The van der Waals surface area contributed by atoms with Crippen molar-refractivity contribution in [2.24, 2.45) is 0 Å². The Morgan fingerprint density at radius 3 is 2.53 bits per heavy atom. The Hall–Kier alpha value is -1.98. The van der Waals surface area contributed by atoms with Crippen LogP contribution in [0.1, 0.15) is 18.9 Å². The molecule has 1 heterocycles. The predicted molar refractivity (Wildman–Crippen MR) is 59.1 cm³/mol. The minimum atomic E-state index is -4.85. The van der Waals surface area contributed by atoms with E-state index >= 15 is 0 Å². The molecule has 1 aromatic carbocycles. The second-order valence-electron chi connectivity index (χ2n) is 4.16. The summed E-state index contributed by atoms with van der Waals surface area (Å²) in [5.41, 5.74) is -3.48. The Labute approximate surface area is 107 Å². The van der Waals surface area contributed by atoms with E-state index in [1.165, 1.54) is 25.1 Å². The van der Waals surface area contributed by atoms with E-state index in [9.17, 15) is 23.1 Å². The topological polar surface area (TPSA) is 49.4 Å². The van der Waals surface area contributed by atoms with Crippen LogP contribution in [0.4, 0.5) is 13.2 Å². The molecule has 1 unspecified atom stereocenters. The number of benzene rings is 1. The molecule has 3 nitrogen and oxygen atoms in total. The summed E-state index contributed by atoms with van der Waals surface area (Å²) in [5.74, 6) is -1.87. The molecule has 0 aliphatic carbocycles. The number of carboxylic acids is 1. The van der Waals surface area contributed by atoms with Gasteiger partial charge in [0.05, 0.1) is 5.97 Å². The van der Waals surface area contributed by atoms with Gasteiger partial charge in [0.1, 0.15) is 5.75 Å². The summed E-state index contributed by atoms with van der Waals surface area (Å²) < 4.78 is 44.7. The van der Waals surface area contributed by atoms with Crippen molar-refractivity contribution in [3.8, 4) is 5.75 Å². The van der Waals surface area contributed by atoms with Gasteiger partial charge in [0.15, 0.2) is 0 Å². The summed E-state index contributed by atoms with van der Waals surface area (Å²) in [6, 6.07) is 5.95. The number of fused-ring (bicyclic) bond motifs is 1. The highest BCUT2D eigenvalue weighted by Gasteiger charge is 2.60. The molecule has 0 spiro atoms. The van der Waals surface area contributed by atoms with Crippen LogP contribution in [0.3, 0.4) is 0 Å². The van der Waals surface area contributed by atoms with Crippen molar-refractivity contribution in [3.63, 3.8) is 0 Å². The third-order valence-corrected chi connectivity index (χ3v) is 3.11. The summed E-state index contributed by atoms with van der Waals surface area (Å²) in [5, 5.41) is 11.0. The van der Waals surface area contributed by atoms with Crippen molar-refractivity contribution >= 4 is 12.0 Å². The largest absolute Gasteiger partial charge is 0.545 e. The highest BCUT2D eigenvalue weighted by atomic mass is 19.4. The third kappa shape index (κ3) is 1.97. The number of carboxylic acid groups (broad SMARTS) is 1. The maximum absolute atomic E-state index is 13.2. The lowest BCUT2D eigenvalue weighted by Crippen LogP contribution is -2.56. The predicted octanol–water partition coefficient (Wildman–Crippen LogP) is 1.92. The molecule has 19 heavy (non-hydrogen) atoms. The average Bonchev–Trinajstić information content (AvgIpc) is 2.35. The standard InChI is InChI=1S/C13H11F3O3/c1-2-12(13(14,15)16)9(11(17)18)7-8-5-3-4-6-10(8)19-12/h3-7H,2H2,1H3,(H,17,18)/p-1. The van der Waals surface area contributed by atoms with Crippen molar-refractivity contribution in [2.75, 3.05) is 0 Å². The van der Waals surface area contributed by atoms with Crippen LogP contribution in [0.25, 0.3) is 6.08 Å². The second kappa shape index (κ2) is 4.29. The molecule has 1 atom stereocenters. The number of para-hydroxylation sites is 1. The Morgan fingerprint density at radius 1 is 1.37 bits per heavy atom. The lowest BCUT2D eigenvalue weighted by molar-refractivity contribution is -0.307. The normalized spacial score (nSPS) is 22.2. The van der Waals surface area contributed by atoms with Gasteiger partial charge >= 0.3 is 6.18 Å². The van der Waals surface area contributed by atoms with E-state index in [1.54, 1.807) is 6.07 Å². The van der Waals surface area contributed by atoms with Crippen LogP contribution in [-0.2, 0) is 4.79 Å². The number of ether oxygens (including phenoxy) is 1. The molecule has 0 fully saturated rings. The number of hydrogen-bond donors (Lipinski definition) is 0. The summed E-state index contributed by atoms with van der Waals surface area (Å²) in [6.45, 7) is 1.22. The molecule has 0 N–H and O–H groups in total. The molecular weight excluding hydrogens is 261 g/mol. The van der Waals surface area contributed by atoms with Crippen LogP contribution in [0, 0.1) is 0 Å². The maximum atomic E-state index is 13.2. The number of carbonyl (C=O) groups is 1. The van der Waals surface area contributed by atoms with Gasteiger partial charge in [-0.05, 0) is 18.6 Å². The minimum absolute atomic E-state index is 0.00618. The fourth-order valence-electron chi connectivity index (χ4n) is 2.10. The maximum Gasteiger partial charge on any atom is 0.432 e. The summed E-state index contributed by atoms with van der Waals surface area (Å²) in [7, 11) is 0. The van der Waals surface area contributed by atoms with Gasteiger partial charge in [-0.2, -0.15) is 13.2 Å². The van der Waals surface area contributed by atoms with Crippen LogP contribution in [0.5, 0.6) is 5.75 Å². The van der Waals surface area contributed by atoms with Gasteiger partial charge in [-0.15, -0.1) is 0 Å². The minimum Gasteiger partial charge on any atom is -0.545 e. The molecule has 0 aromatic heterocycles. The van der Waals surface area contributed by atoms with E-state index in [1.807, 2.05) is 0 Å². The van der Waals surface area contributed by atoms with Crippen LogP contribution < -0.4 is 9.84 Å². The van der Waals surface area contributed by atoms with Crippen LogP contribution in [-0.4, -0.2) is 17.7 Å². The zero-order chi connectivity index (χ0) is 14.3. The van der Waals surface area contributed by atoms with E-state index in [0.29, 0.717) is 0 Å². The van der Waals surface area contributed by atoms with Crippen molar-refractivity contribution in [2.45, 2.75) is 25.1 Å². The molecule has 1 aliphatic rings. The number of carbonyl (C=O) groups excluding carboxylic acids is 1. The molecular formula is C13H10F3O3-. The number of rotatable bonds is 2. The molecule has 0 saturated heterocycles. The van der Waals surface area contributed by atoms with Crippen molar-refractivity contribution in [3.05, 3.63) is 35.4 Å². The van der Waals surface area contributed by atoms with Crippen molar-refractivity contribution < 1.29 is 27.8 Å². The first kappa shape index (κ1) is 13.5. The zero-order valence-corrected chi connectivity index (χ0v) is 9.95. The van der Waals surface area contributed by atoms with Crippen LogP contribution in [0.2, 0.25) is 0 Å². The second-order valence-corrected chi connectivity index (χ2v) is 4.16. The van der Waals surface area contributed by atoms with Crippen LogP contribution in [0.15, 0.2) is 29.8 Å². The fourth-order valence-corrected chi connectivity index (χ4v) is 2.10. The third-order valence-electron chi connectivity index (χ3n) is 3.11. The van der Waals surface area contributed by atoms with E-state index in [4.69, 9.17) is 4.74 Å². The van der Waals surface area contributed by atoms with E-state index in [2.05, 4.69) is 0 Å². The van der Waals surface area contributed by atoms with Gasteiger partial charge in [-0.1, -0.05) is 25.1 Å². The average molecular weight is 271 g/mol. The van der Waals surface area contributed by atoms with Gasteiger partial charge in [0.25, 0.3) is 0 Å². The highest BCUT2D eigenvalue weighted by molar-refractivity contribution is 5.95. The Bertz CT molecular complexity index is 548. The number of hydrogen-bond acceptors (Lipinski definition) is 3. The van der Waals surface area contributed by atoms with Gasteiger partial charge < -0.3 is 14.6 Å². The number of alkyl halides is 3. The van der Waals surface area contributed by atoms with E-state index < -0.39 is 29.7 Å². The van der Waals surface area contributed by atoms with Crippen molar-refractivity contribution in [1.29, 1.82) is 0 Å². The molecule has 0 saturated carbocycles. The molecule has 2 rings (SSSR count). The van der Waals surface area contributed by atoms with E-state index in [-0.39, 0.29) is 11.3 Å². The molecule has 0 radical (unpaired) electrons. The zero-order valence-electron chi connectivity index (χ0n) is 9.95. The number of halogens is 3. The summed E-state index contributed by atoms with van der Waals surface area (Å²) >= 11 is 0. The Kier molecular flexibility index (Phi) is 3.04. The van der Waals surface area contributed by atoms with E-state index in [0.717, 1.165) is 6.08 Å². The molecule has 1 aromatic rings. The molecule has 6 heteroatoms. The first-order chi connectivity index (χ1) is 8.82. The lowest BCUT2D eigenvalue weighted by Gasteiger charge is -2.40.